The summed E-state index contributed by atoms with van der Waals surface area (Å²) in [6.07, 6.45) is 5.49. The molecule has 0 saturated carbocycles. The van der Waals surface area contributed by atoms with Gasteiger partial charge in [-0.2, -0.15) is 15.0 Å². The summed E-state index contributed by atoms with van der Waals surface area (Å²) in [5.41, 5.74) is 2.48. The van der Waals surface area contributed by atoms with Gasteiger partial charge in [0.1, 0.15) is 11.4 Å². The van der Waals surface area contributed by atoms with Gasteiger partial charge in [0.25, 0.3) is 0 Å². The van der Waals surface area contributed by atoms with Crippen molar-refractivity contribution in [2.24, 2.45) is 5.84 Å². The van der Waals surface area contributed by atoms with E-state index in [1.54, 1.807) is 12.3 Å². The molecule has 2 aromatic heterocycles. The first-order valence-electron chi connectivity index (χ1n) is 6.26. The van der Waals surface area contributed by atoms with Crippen molar-refractivity contribution in [2.45, 2.75) is 23.0 Å². The second-order valence-corrected chi connectivity index (χ2v) is 5.22. The third kappa shape index (κ3) is 2.94. The molecule has 1 aliphatic heterocycles. The van der Waals surface area contributed by atoms with E-state index in [1.807, 2.05) is 0 Å². The van der Waals surface area contributed by atoms with Crippen LogP contribution in [0, 0.1) is 0 Å². The molecule has 20 heavy (non-hydrogen) atoms. The lowest BCUT2D eigenvalue weighted by molar-refractivity contribution is 0.826. The lowest BCUT2D eigenvalue weighted by atomic mass is 10.4. The molecule has 1 saturated heterocycles. The Hall–Kier alpha value is -2.00. The van der Waals surface area contributed by atoms with E-state index in [2.05, 4.69) is 35.2 Å². The first-order chi connectivity index (χ1) is 9.85. The number of rotatable bonds is 4. The topological polar surface area (TPSA) is 106 Å². The number of nitrogens with one attached hydrogen (secondary N) is 1. The normalized spacial score (nSPS) is 14.6. The Bertz CT molecular complexity index is 572. The molecule has 9 heteroatoms. The van der Waals surface area contributed by atoms with E-state index < -0.39 is 0 Å². The van der Waals surface area contributed by atoms with Crippen molar-refractivity contribution in [3.05, 3.63) is 18.6 Å². The Labute approximate surface area is 120 Å². The Morgan fingerprint density at radius 1 is 1.20 bits per heavy atom. The minimum Gasteiger partial charge on any atom is -0.341 e. The van der Waals surface area contributed by atoms with Crippen LogP contribution < -0.4 is 16.2 Å². The van der Waals surface area contributed by atoms with Gasteiger partial charge in [-0.3, -0.25) is 5.43 Å². The summed E-state index contributed by atoms with van der Waals surface area (Å²) in [6, 6.07) is 1.81. The minimum absolute atomic E-state index is 0.360. The van der Waals surface area contributed by atoms with Crippen LogP contribution in [0.15, 0.2) is 28.8 Å². The fourth-order valence-electron chi connectivity index (χ4n) is 1.95. The number of nitrogens with two attached hydrogens (primary N) is 1. The molecule has 0 unspecified atom stereocenters. The van der Waals surface area contributed by atoms with Crippen molar-refractivity contribution < 1.29 is 0 Å². The van der Waals surface area contributed by atoms with E-state index in [1.165, 1.54) is 18.1 Å². The van der Waals surface area contributed by atoms with Crippen LogP contribution in [0.3, 0.4) is 0 Å². The maximum absolute atomic E-state index is 5.42. The number of hydrogen-bond acceptors (Lipinski definition) is 9. The van der Waals surface area contributed by atoms with Gasteiger partial charge < -0.3 is 4.90 Å². The van der Waals surface area contributed by atoms with Crippen molar-refractivity contribution in [1.29, 1.82) is 0 Å². The largest absolute Gasteiger partial charge is 0.341 e. The zero-order chi connectivity index (χ0) is 13.8. The van der Waals surface area contributed by atoms with Gasteiger partial charge in [0.2, 0.25) is 17.1 Å². The molecule has 8 nitrogen and oxygen atoms in total. The van der Waals surface area contributed by atoms with Crippen LogP contribution in [0.25, 0.3) is 0 Å². The first-order valence-corrected chi connectivity index (χ1v) is 7.08. The fraction of sp³-hybridized carbons (Fsp3) is 0.364. The van der Waals surface area contributed by atoms with Crippen molar-refractivity contribution in [1.82, 2.24) is 24.9 Å². The summed E-state index contributed by atoms with van der Waals surface area (Å²) in [5.74, 6) is 6.44. The summed E-state index contributed by atoms with van der Waals surface area (Å²) < 4.78 is 0. The van der Waals surface area contributed by atoms with Gasteiger partial charge in [-0.25, -0.2) is 15.8 Å². The fourth-order valence-corrected chi connectivity index (χ4v) is 2.62. The summed E-state index contributed by atoms with van der Waals surface area (Å²) in [6.45, 7) is 1.93. The molecule has 0 spiro atoms. The van der Waals surface area contributed by atoms with Crippen molar-refractivity contribution in [2.75, 3.05) is 23.4 Å². The standard InChI is InChI=1S/C11H14N8S/c12-18-9-15-10(19-5-1-2-6-19)17-11(16-9)20-8-3-4-13-7-14-8/h3-4,7H,1-2,5-6,12H2,(H,15,16,17,18). The molecular formula is C11H14N8S. The highest BCUT2D eigenvalue weighted by atomic mass is 32.2. The predicted molar refractivity (Wildman–Crippen MR) is 75.2 cm³/mol. The van der Waals surface area contributed by atoms with Gasteiger partial charge >= 0.3 is 0 Å². The molecule has 0 aliphatic carbocycles. The maximum atomic E-state index is 5.42. The van der Waals surface area contributed by atoms with Crippen LogP contribution in [0.1, 0.15) is 12.8 Å². The lowest BCUT2D eigenvalue weighted by Gasteiger charge is -2.15. The number of anilines is 2. The van der Waals surface area contributed by atoms with E-state index in [9.17, 15) is 0 Å². The Morgan fingerprint density at radius 3 is 2.75 bits per heavy atom. The van der Waals surface area contributed by atoms with Crippen LogP contribution >= 0.6 is 11.8 Å². The Balaban J connectivity index is 1.87. The third-order valence-electron chi connectivity index (χ3n) is 2.87. The summed E-state index contributed by atoms with van der Waals surface area (Å²) >= 11 is 1.35. The zero-order valence-corrected chi connectivity index (χ0v) is 11.5. The van der Waals surface area contributed by atoms with Crippen LogP contribution in [0.2, 0.25) is 0 Å². The van der Waals surface area contributed by atoms with E-state index in [0.29, 0.717) is 17.1 Å². The van der Waals surface area contributed by atoms with Gasteiger partial charge in [-0.05, 0) is 30.7 Å². The molecule has 0 amide bonds. The van der Waals surface area contributed by atoms with E-state index in [0.717, 1.165) is 31.0 Å². The molecule has 2 aromatic rings. The Morgan fingerprint density at radius 2 is 2.05 bits per heavy atom. The monoisotopic (exact) mass is 290 g/mol. The average molecular weight is 290 g/mol. The molecule has 0 radical (unpaired) electrons. The second kappa shape index (κ2) is 5.97. The SMILES string of the molecule is NNc1nc(Sc2ccncn2)nc(N2CCCC2)n1. The number of hydrogen-bond donors (Lipinski definition) is 2. The Kier molecular flexibility index (Phi) is 3.88. The molecule has 3 rings (SSSR count). The van der Waals surface area contributed by atoms with Gasteiger partial charge in [0.15, 0.2) is 0 Å². The number of aromatic nitrogens is 5. The highest BCUT2D eigenvalue weighted by Crippen LogP contribution is 2.25. The summed E-state index contributed by atoms with van der Waals surface area (Å²) in [4.78, 5) is 23.2. The molecule has 0 atom stereocenters. The molecule has 1 fully saturated rings. The van der Waals surface area contributed by atoms with Crippen LogP contribution in [0.4, 0.5) is 11.9 Å². The molecule has 1 aliphatic rings. The van der Waals surface area contributed by atoms with E-state index in [-0.39, 0.29) is 0 Å². The first kappa shape index (κ1) is 13.0. The van der Waals surface area contributed by atoms with Gasteiger partial charge in [0.05, 0.1) is 0 Å². The summed E-state index contributed by atoms with van der Waals surface area (Å²) in [7, 11) is 0. The van der Waals surface area contributed by atoms with Crippen molar-refractivity contribution in [3.8, 4) is 0 Å². The number of nitrogens with zero attached hydrogens (tertiary/aromatic N) is 6. The highest BCUT2D eigenvalue weighted by Gasteiger charge is 2.17. The van der Waals surface area contributed by atoms with Gasteiger partial charge in [0, 0.05) is 19.3 Å². The van der Waals surface area contributed by atoms with Gasteiger partial charge in [-0.1, -0.05) is 0 Å². The quantitative estimate of drug-likeness (QED) is 0.478. The number of hydrazine groups is 1. The summed E-state index contributed by atoms with van der Waals surface area (Å²) in [5, 5.41) is 1.34. The molecule has 104 valence electrons. The molecule has 3 heterocycles. The zero-order valence-electron chi connectivity index (χ0n) is 10.7. The van der Waals surface area contributed by atoms with Crippen LogP contribution in [0.5, 0.6) is 0 Å². The van der Waals surface area contributed by atoms with E-state index in [4.69, 9.17) is 5.84 Å². The molecule has 0 bridgehead atoms. The maximum Gasteiger partial charge on any atom is 0.242 e. The van der Waals surface area contributed by atoms with Crippen molar-refractivity contribution >= 4 is 23.7 Å². The van der Waals surface area contributed by atoms with Crippen LogP contribution in [-0.4, -0.2) is 38.0 Å². The third-order valence-corrected chi connectivity index (χ3v) is 3.69. The van der Waals surface area contributed by atoms with E-state index >= 15 is 0 Å². The minimum atomic E-state index is 0.360. The molecule has 0 aromatic carbocycles. The molecular weight excluding hydrogens is 276 g/mol. The second-order valence-electron chi connectivity index (χ2n) is 4.23. The van der Waals surface area contributed by atoms with Crippen molar-refractivity contribution in [3.63, 3.8) is 0 Å². The lowest BCUT2D eigenvalue weighted by Crippen LogP contribution is -2.22. The molecule has 3 N–H and O–H groups in total. The highest BCUT2D eigenvalue weighted by molar-refractivity contribution is 7.99. The predicted octanol–water partition coefficient (Wildman–Crippen LogP) is 0.699. The van der Waals surface area contributed by atoms with Crippen LogP contribution in [-0.2, 0) is 0 Å². The average Bonchev–Trinajstić information content (AvgIpc) is 3.02. The van der Waals surface area contributed by atoms with Gasteiger partial charge in [-0.15, -0.1) is 0 Å². The number of nitrogen functional groups attached to an aromatic ring is 1. The smallest absolute Gasteiger partial charge is 0.242 e.